The summed E-state index contributed by atoms with van der Waals surface area (Å²) in [6, 6.07) is 18.7. The zero-order valence-corrected chi connectivity index (χ0v) is 16.9. The smallest absolute Gasteiger partial charge is 0.196 e. The summed E-state index contributed by atoms with van der Waals surface area (Å²) in [5, 5.41) is 6.90. The normalized spacial score (nSPS) is 15.4. The molecule has 0 aromatic heterocycles. The second-order valence-corrected chi connectivity index (χ2v) is 7.23. The molecule has 28 heavy (non-hydrogen) atoms. The standard InChI is InChI=1S/C23H32N4O/c1-20-9-11-21(12-10-20)19-25-23(26-22-7-3-2-4-8-22)24-13-5-6-14-27-15-17-28-18-16-27/h2-4,7-12H,5-6,13-19H2,1H3,(H2,24,25,26). The van der Waals surface area contributed by atoms with Crippen molar-refractivity contribution in [1.29, 1.82) is 0 Å². The third-order valence-electron chi connectivity index (χ3n) is 4.87. The molecular weight excluding hydrogens is 348 g/mol. The van der Waals surface area contributed by atoms with Gasteiger partial charge >= 0.3 is 0 Å². The summed E-state index contributed by atoms with van der Waals surface area (Å²) in [5.41, 5.74) is 3.53. The van der Waals surface area contributed by atoms with Crippen molar-refractivity contribution in [3.05, 3.63) is 65.7 Å². The minimum atomic E-state index is 0.663. The minimum Gasteiger partial charge on any atom is -0.379 e. The molecule has 0 atom stereocenters. The first-order chi connectivity index (χ1) is 13.8. The highest BCUT2D eigenvalue weighted by Gasteiger charge is 2.09. The number of benzene rings is 2. The highest BCUT2D eigenvalue weighted by Crippen LogP contribution is 2.07. The summed E-state index contributed by atoms with van der Waals surface area (Å²) in [7, 11) is 0. The summed E-state index contributed by atoms with van der Waals surface area (Å²) < 4.78 is 5.41. The van der Waals surface area contributed by atoms with E-state index in [2.05, 4.69) is 58.9 Å². The summed E-state index contributed by atoms with van der Waals surface area (Å²) >= 11 is 0. The lowest BCUT2D eigenvalue weighted by Crippen LogP contribution is -2.37. The third kappa shape index (κ3) is 7.33. The molecule has 1 saturated heterocycles. The first-order valence-electron chi connectivity index (χ1n) is 10.3. The molecular formula is C23H32N4O. The van der Waals surface area contributed by atoms with Crippen LogP contribution in [0.4, 0.5) is 5.69 Å². The van der Waals surface area contributed by atoms with Gasteiger partial charge < -0.3 is 15.4 Å². The van der Waals surface area contributed by atoms with Gasteiger partial charge in [0.25, 0.3) is 0 Å². The number of hydrogen-bond acceptors (Lipinski definition) is 3. The maximum Gasteiger partial charge on any atom is 0.196 e. The van der Waals surface area contributed by atoms with Crippen LogP contribution in [-0.4, -0.2) is 50.3 Å². The van der Waals surface area contributed by atoms with Gasteiger partial charge in [-0.3, -0.25) is 4.90 Å². The van der Waals surface area contributed by atoms with Crippen LogP contribution in [0.3, 0.4) is 0 Å². The van der Waals surface area contributed by atoms with E-state index in [4.69, 9.17) is 9.73 Å². The molecule has 0 spiro atoms. The van der Waals surface area contributed by atoms with E-state index >= 15 is 0 Å². The highest BCUT2D eigenvalue weighted by molar-refractivity contribution is 5.93. The lowest BCUT2D eigenvalue weighted by atomic mass is 10.1. The maximum atomic E-state index is 5.41. The maximum absolute atomic E-state index is 5.41. The van der Waals surface area contributed by atoms with Crippen LogP contribution in [0.1, 0.15) is 24.0 Å². The number of rotatable bonds is 8. The van der Waals surface area contributed by atoms with Crippen LogP contribution in [0, 0.1) is 6.92 Å². The van der Waals surface area contributed by atoms with Gasteiger partial charge in [-0.2, -0.15) is 0 Å². The number of aryl methyl sites for hydroxylation is 1. The lowest BCUT2D eigenvalue weighted by Gasteiger charge is -2.26. The summed E-state index contributed by atoms with van der Waals surface area (Å²) in [6.07, 6.45) is 2.31. The van der Waals surface area contributed by atoms with E-state index in [1.54, 1.807) is 0 Å². The second-order valence-electron chi connectivity index (χ2n) is 7.23. The molecule has 5 nitrogen and oxygen atoms in total. The van der Waals surface area contributed by atoms with Crippen molar-refractivity contribution >= 4 is 11.6 Å². The fraction of sp³-hybridized carbons (Fsp3) is 0.435. The van der Waals surface area contributed by atoms with Crippen molar-refractivity contribution in [3.63, 3.8) is 0 Å². The molecule has 2 aromatic rings. The Morgan fingerprint density at radius 1 is 1.00 bits per heavy atom. The van der Waals surface area contributed by atoms with E-state index in [9.17, 15) is 0 Å². The topological polar surface area (TPSA) is 48.9 Å². The number of nitrogens with one attached hydrogen (secondary N) is 2. The first kappa shape index (κ1) is 20.4. The van der Waals surface area contributed by atoms with Crippen molar-refractivity contribution in [2.75, 3.05) is 44.7 Å². The zero-order chi connectivity index (χ0) is 19.4. The Hall–Kier alpha value is -2.37. The highest BCUT2D eigenvalue weighted by atomic mass is 16.5. The van der Waals surface area contributed by atoms with Crippen molar-refractivity contribution in [3.8, 4) is 0 Å². The van der Waals surface area contributed by atoms with E-state index in [0.29, 0.717) is 6.54 Å². The van der Waals surface area contributed by atoms with Gasteiger partial charge in [0, 0.05) is 25.3 Å². The number of guanidine groups is 1. The Labute approximate surface area is 168 Å². The van der Waals surface area contributed by atoms with E-state index in [0.717, 1.165) is 57.5 Å². The quantitative estimate of drug-likeness (QED) is 0.417. The number of morpholine rings is 1. The monoisotopic (exact) mass is 380 g/mol. The lowest BCUT2D eigenvalue weighted by molar-refractivity contribution is 0.0372. The third-order valence-corrected chi connectivity index (χ3v) is 4.87. The number of unbranched alkanes of at least 4 members (excludes halogenated alkanes) is 1. The van der Waals surface area contributed by atoms with Gasteiger partial charge in [0.05, 0.1) is 19.8 Å². The van der Waals surface area contributed by atoms with Gasteiger partial charge in [0.1, 0.15) is 0 Å². The Balaban J connectivity index is 1.48. The minimum absolute atomic E-state index is 0.663. The number of anilines is 1. The number of para-hydroxylation sites is 1. The molecule has 0 aliphatic carbocycles. The fourth-order valence-corrected chi connectivity index (χ4v) is 3.15. The van der Waals surface area contributed by atoms with Crippen molar-refractivity contribution in [1.82, 2.24) is 10.2 Å². The van der Waals surface area contributed by atoms with Crippen LogP contribution < -0.4 is 10.6 Å². The number of aliphatic imine (C=N–C) groups is 1. The molecule has 0 bridgehead atoms. The molecule has 2 aromatic carbocycles. The van der Waals surface area contributed by atoms with Crippen molar-refractivity contribution in [2.24, 2.45) is 4.99 Å². The van der Waals surface area contributed by atoms with Gasteiger partial charge in [-0.15, -0.1) is 0 Å². The van der Waals surface area contributed by atoms with Gasteiger partial charge in [-0.25, -0.2) is 4.99 Å². The van der Waals surface area contributed by atoms with Crippen LogP contribution in [0.15, 0.2) is 59.6 Å². The molecule has 5 heteroatoms. The van der Waals surface area contributed by atoms with E-state index in [1.165, 1.54) is 17.5 Å². The Morgan fingerprint density at radius 3 is 2.50 bits per heavy atom. The molecule has 150 valence electrons. The largest absolute Gasteiger partial charge is 0.379 e. The fourth-order valence-electron chi connectivity index (χ4n) is 3.15. The number of ether oxygens (including phenoxy) is 1. The average Bonchev–Trinajstić information content (AvgIpc) is 2.74. The summed E-state index contributed by atoms with van der Waals surface area (Å²) in [5.74, 6) is 0.832. The Morgan fingerprint density at radius 2 is 1.75 bits per heavy atom. The van der Waals surface area contributed by atoms with Crippen LogP contribution in [0.25, 0.3) is 0 Å². The van der Waals surface area contributed by atoms with Gasteiger partial charge in [0.15, 0.2) is 5.96 Å². The average molecular weight is 381 g/mol. The van der Waals surface area contributed by atoms with E-state index in [1.807, 2.05) is 18.2 Å². The van der Waals surface area contributed by atoms with Gasteiger partial charge in [-0.1, -0.05) is 48.0 Å². The van der Waals surface area contributed by atoms with E-state index < -0.39 is 0 Å². The Bertz CT molecular complexity index is 709. The molecule has 0 saturated carbocycles. The molecule has 0 radical (unpaired) electrons. The number of nitrogens with zero attached hydrogens (tertiary/aromatic N) is 2. The zero-order valence-electron chi connectivity index (χ0n) is 16.9. The molecule has 0 amide bonds. The van der Waals surface area contributed by atoms with Crippen LogP contribution in [0.5, 0.6) is 0 Å². The summed E-state index contributed by atoms with van der Waals surface area (Å²) in [4.78, 5) is 7.26. The first-order valence-corrected chi connectivity index (χ1v) is 10.3. The van der Waals surface area contributed by atoms with Gasteiger partial charge in [0.2, 0.25) is 0 Å². The molecule has 1 fully saturated rings. The van der Waals surface area contributed by atoms with Crippen LogP contribution in [-0.2, 0) is 11.3 Å². The Kier molecular flexibility index (Phi) is 8.34. The van der Waals surface area contributed by atoms with Crippen LogP contribution in [0.2, 0.25) is 0 Å². The number of hydrogen-bond donors (Lipinski definition) is 2. The summed E-state index contributed by atoms with van der Waals surface area (Å²) in [6.45, 7) is 8.69. The van der Waals surface area contributed by atoms with E-state index in [-0.39, 0.29) is 0 Å². The predicted molar refractivity (Wildman–Crippen MR) is 117 cm³/mol. The van der Waals surface area contributed by atoms with Crippen molar-refractivity contribution in [2.45, 2.75) is 26.3 Å². The predicted octanol–water partition coefficient (Wildman–Crippen LogP) is 3.67. The second kappa shape index (κ2) is 11.5. The SMILES string of the molecule is Cc1ccc(CN=C(NCCCCN2CCOCC2)Nc2ccccc2)cc1. The van der Waals surface area contributed by atoms with Crippen LogP contribution >= 0.6 is 0 Å². The molecule has 2 N–H and O–H groups in total. The van der Waals surface area contributed by atoms with Gasteiger partial charge in [-0.05, 0) is 44.0 Å². The molecule has 1 aliphatic rings. The molecule has 0 unspecified atom stereocenters. The van der Waals surface area contributed by atoms with Crippen molar-refractivity contribution < 1.29 is 4.74 Å². The molecule has 3 rings (SSSR count). The molecule has 1 aliphatic heterocycles. The molecule has 1 heterocycles.